The standard InChI is InChI=1S/C13H23NO4/c1-9(2)6-10(7-12(15)16)8-14-13(17)11-4-3-5-18-11/h9-11H,3-8H2,1-2H3,(H,14,17)(H,15,16)/t10-,11+/m0/s1. The quantitative estimate of drug-likeness (QED) is 0.723. The average molecular weight is 257 g/mol. The van der Waals surface area contributed by atoms with Crippen LogP contribution in [0.1, 0.15) is 39.5 Å². The second kappa shape index (κ2) is 7.36. The normalized spacial score (nSPS) is 20.9. The van der Waals surface area contributed by atoms with E-state index in [0.717, 1.165) is 19.3 Å². The van der Waals surface area contributed by atoms with E-state index in [2.05, 4.69) is 19.2 Å². The first kappa shape index (κ1) is 15.0. The van der Waals surface area contributed by atoms with Crippen molar-refractivity contribution in [1.29, 1.82) is 0 Å². The highest BCUT2D eigenvalue weighted by Gasteiger charge is 2.24. The molecule has 0 saturated carbocycles. The number of hydrogen-bond donors (Lipinski definition) is 2. The molecule has 0 radical (unpaired) electrons. The van der Waals surface area contributed by atoms with Gasteiger partial charge in [-0.25, -0.2) is 0 Å². The van der Waals surface area contributed by atoms with Crippen LogP contribution in [0.25, 0.3) is 0 Å². The first-order valence-corrected chi connectivity index (χ1v) is 6.60. The summed E-state index contributed by atoms with van der Waals surface area (Å²) in [5.74, 6) is -0.500. The summed E-state index contributed by atoms with van der Waals surface area (Å²) in [6.07, 6.45) is 2.25. The van der Waals surface area contributed by atoms with Crippen molar-refractivity contribution in [1.82, 2.24) is 5.32 Å². The maximum atomic E-state index is 11.7. The Hall–Kier alpha value is -1.10. The van der Waals surface area contributed by atoms with Gasteiger partial charge >= 0.3 is 5.97 Å². The number of ether oxygens (including phenoxy) is 1. The molecule has 0 aromatic heterocycles. The number of carbonyl (C=O) groups excluding carboxylic acids is 1. The van der Waals surface area contributed by atoms with Gasteiger partial charge in [-0.1, -0.05) is 13.8 Å². The van der Waals surface area contributed by atoms with E-state index >= 15 is 0 Å². The minimum atomic E-state index is -0.813. The van der Waals surface area contributed by atoms with Crippen molar-refractivity contribution in [3.05, 3.63) is 0 Å². The summed E-state index contributed by atoms with van der Waals surface area (Å²) in [7, 11) is 0. The summed E-state index contributed by atoms with van der Waals surface area (Å²) in [4.78, 5) is 22.5. The molecule has 0 unspecified atom stereocenters. The molecule has 1 aliphatic heterocycles. The molecule has 5 nitrogen and oxygen atoms in total. The van der Waals surface area contributed by atoms with Crippen LogP contribution in [0, 0.1) is 11.8 Å². The molecular formula is C13H23NO4. The lowest BCUT2D eigenvalue weighted by Gasteiger charge is -2.19. The molecule has 1 aliphatic rings. The Balaban J connectivity index is 2.35. The van der Waals surface area contributed by atoms with E-state index in [9.17, 15) is 9.59 Å². The van der Waals surface area contributed by atoms with Crippen LogP contribution in [0.15, 0.2) is 0 Å². The Bertz CT molecular complexity index is 285. The van der Waals surface area contributed by atoms with E-state index in [1.165, 1.54) is 0 Å². The predicted octanol–water partition coefficient (Wildman–Crippen LogP) is 1.42. The number of carboxylic acids is 1. The van der Waals surface area contributed by atoms with Crippen molar-refractivity contribution in [2.45, 2.75) is 45.6 Å². The minimum absolute atomic E-state index is 0.00662. The molecule has 1 amide bonds. The lowest BCUT2D eigenvalue weighted by Crippen LogP contribution is -2.37. The first-order chi connectivity index (χ1) is 8.49. The molecule has 5 heteroatoms. The van der Waals surface area contributed by atoms with Gasteiger partial charge in [0.05, 0.1) is 0 Å². The highest BCUT2D eigenvalue weighted by Crippen LogP contribution is 2.16. The molecule has 2 atom stereocenters. The topological polar surface area (TPSA) is 75.6 Å². The van der Waals surface area contributed by atoms with E-state index in [1.807, 2.05) is 0 Å². The fourth-order valence-electron chi connectivity index (χ4n) is 2.30. The van der Waals surface area contributed by atoms with Gasteiger partial charge in [-0.05, 0) is 31.1 Å². The molecule has 1 heterocycles. The zero-order valence-electron chi connectivity index (χ0n) is 11.1. The Morgan fingerprint density at radius 3 is 2.67 bits per heavy atom. The van der Waals surface area contributed by atoms with Crippen LogP contribution in [-0.2, 0) is 14.3 Å². The van der Waals surface area contributed by atoms with Gasteiger partial charge in [-0.3, -0.25) is 9.59 Å². The summed E-state index contributed by atoms with van der Waals surface area (Å²) in [6.45, 7) is 5.17. The van der Waals surface area contributed by atoms with Gasteiger partial charge in [0.25, 0.3) is 0 Å². The van der Waals surface area contributed by atoms with Crippen molar-refractivity contribution in [2.24, 2.45) is 11.8 Å². The third-order valence-corrected chi connectivity index (χ3v) is 3.06. The number of carbonyl (C=O) groups is 2. The summed E-state index contributed by atoms with van der Waals surface area (Å²) in [6, 6.07) is 0. The second-order valence-electron chi connectivity index (χ2n) is 5.34. The van der Waals surface area contributed by atoms with Gasteiger partial charge in [-0.15, -0.1) is 0 Å². The van der Waals surface area contributed by atoms with Crippen LogP contribution < -0.4 is 5.32 Å². The highest BCUT2D eigenvalue weighted by atomic mass is 16.5. The molecule has 2 N–H and O–H groups in total. The largest absolute Gasteiger partial charge is 0.481 e. The van der Waals surface area contributed by atoms with Gasteiger partial charge in [-0.2, -0.15) is 0 Å². The van der Waals surface area contributed by atoms with E-state index < -0.39 is 5.97 Å². The number of nitrogens with one attached hydrogen (secondary N) is 1. The average Bonchev–Trinajstić information content (AvgIpc) is 2.77. The highest BCUT2D eigenvalue weighted by molar-refractivity contribution is 5.81. The molecule has 0 bridgehead atoms. The zero-order chi connectivity index (χ0) is 13.5. The molecule has 1 rings (SSSR count). The van der Waals surface area contributed by atoms with Crippen LogP contribution in [0.2, 0.25) is 0 Å². The molecule has 0 aromatic carbocycles. The molecule has 0 spiro atoms. The molecule has 18 heavy (non-hydrogen) atoms. The molecule has 1 fully saturated rings. The van der Waals surface area contributed by atoms with Crippen molar-refractivity contribution < 1.29 is 19.4 Å². The molecule has 0 aromatic rings. The molecular weight excluding hydrogens is 234 g/mol. The zero-order valence-corrected chi connectivity index (χ0v) is 11.1. The van der Waals surface area contributed by atoms with Gasteiger partial charge < -0.3 is 15.2 Å². The van der Waals surface area contributed by atoms with Crippen molar-refractivity contribution in [2.75, 3.05) is 13.2 Å². The van der Waals surface area contributed by atoms with Crippen LogP contribution in [-0.4, -0.2) is 36.2 Å². The van der Waals surface area contributed by atoms with Gasteiger partial charge in [0.15, 0.2) is 0 Å². The summed E-state index contributed by atoms with van der Waals surface area (Å²) in [5.41, 5.74) is 0. The van der Waals surface area contributed by atoms with Crippen LogP contribution >= 0.6 is 0 Å². The summed E-state index contributed by atoms with van der Waals surface area (Å²) >= 11 is 0. The van der Waals surface area contributed by atoms with E-state index in [4.69, 9.17) is 9.84 Å². The monoisotopic (exact) mass is 257 g/mol. The van der Waals surface area contributed by atoms with Crippen molar-refractivity contribution >= 4 is 11.9 Å². The van der Waals surface area contributed by atoms with Gasteiger partial charge in [0, 0.05) is 19.6 Å². The van der Waals surface area contributed by atoms with Gasteiger partial charge in [0.1, 0.15) is 6.10 Å². The van der Waals surface area contributed by atoms with Gasteiger partial charge in [0.2, 0.25) is 5.91 Å². The van der Waals surface area contributed by atoms with Crippen LogP contribution in [0.3, 0.4) is 0 Å². The fourth-order valence-corrected chi connectivity index (χ4v) is 2.30. The van der Waals surface area contributed by atoms with E-state index in [0.29, 0.717) is 19.1 Å². The van der Waals surface area contributed by atoms with Crippen molar-refractivity contribution in [3.8, 4) is 0 Å². The third-order valence-electron chi connectivity index (χ3n) is 3.06. The molecule has 104 valence electrons. The second-order valence-corrected chi connectivity index (χ2v) is 5.34. The maximum absolute atomic E-state index is 11.7. The number of carboxylic acid groups (broad SMARTS) is 1. The third kappa shape index (κ3) is 5.49. The number of aliphatic carboxylic acids is 1. The summed E-state index contributed by atoms with van der Waals surface area (Å²) in [5, 5.41) is 11.6. The number of hydrogen-bond acceptors (Lipinski definition) is 3. The fraction of sp³-hybridized carbons (Fsp3) is 0.846. The Morgan fingerprint density at radius 2 is 2.17 bits per heavy atom. The lowest BCUT2D eigenvalue weighted by molar-refractivity contribution is -0.138. The summed E-state index contributed by atoms with van der Waals surface area (Å²) < 4.78 is 5.28. The Morgan fingerprint density at radius 1 is 1.44 bits per heavy atom. The lowest BCUT2D eigenvalue weighted by atomic mass is 9.94. The minimum Gasteiger partial charge on any atom is -0.481 e. The SMILES string of the molecule is CC(C)C[C@H](CNC(=O)[C@H]1CCCO1)CC(=O)O. The molecule has 0 aliphatic carbocycles. The number of rotatable bonds is 7. The first-order valence-electron chi connectivity index (χ1n) is 6.60. The Kier molecular flexibility index (Phi) is 6.12. The van der Waals surface area contributed by atoms with E-state index in [1.54, 1.807) is 0 Å². The smallest absolute Gasteiger partial charge is 0.303 e. The predicted molar refractivity (Wildman–Crippen MR) is 67.2 cm³/mol. The number of amides is 1. The maximum Gasteiger partial charge on any atom is 0.303 e. The van der Waals surface area contributed by atoms with Crippen molar-refractivity contribution in [3.63, 3.8) is 0 Å². The Labute approximate surface area is 108 Å². The van der Waals surface area contributed by atoms with Crippen LogP contribution in [0.5, 0.6) is 0 Å². The van der Waals surface area contributed by atoms with Crippen LogP contribution in [0.4, 0.5) is 0 Å². The molecule has 1 saturated heterocycles. The van der Waals surface area contributed by atoms with E-state index in [-0.39, 0.29) is 24.3 Å².